The number of carbonyl (C=O) groups is 1. The fraction of sp³-hybridized carbons (Fsp3) is 0.0556. The molecule has 3 aromatic rings. The van der Waals surface area contributed by atoms with Crippen LogP contribution in [0.4, 0.5) is 5.69 Å². The van der Waals surface area contributed by atoms with Crippen LogP contribution in [0.3, 0.4) is 0 Å². The highest BCUT2D eigenvalue weighted by molar-refractivity contribution is 9.11. The topological polar surface area (TPSA) is 75.3 Å². The van der Waals surface area contributed by atoms with Crippen LogP contribution in [0.2, 0.25) is 5.02 Å². The minimum absolute atomic E-state index is 0.0195. The molecule has 1 aromatic heterocycles. The molecular weight excluding hydrogens is 472 g/mol. The van der Waals surface area contributed by atoms with Crippen LogP contribution >= 0.6 is 38.9 Å². The molecule has 1 amide bonds. The number of carbonyl (C=O) groups excluding carboxylic acids is 1. The Balaban J connectivity index is 1.76. The van der Waals surface area contributed by atoms with Gasteiger partial charge < -0.3 is 5.32 Å². The number of hydrogen-bond donors (Lipinski definition) is 2. The van der Waals surface area contributed by atoms with Crippen molar-refractivity contribution >= 4 is 60.5 Å². The van der Waals surface area contributed by atoms with E-state index in [0.717, 1.165) is 8.66 Å². The number of halogens is 2. The van der Waals surface area contributed by atoms with E-state index in [1.807, 2.05) is 12.1 Å². The van der Waals surface area contributed by atoms with Crippen molar-refractivity contribution in [2.75, 3.05) is 4.72 Å². The van der Waals surface area contributed by atoms with E-state index in [1.165, 1.54) is 29.5 Å². The summed E-state index contributed by atoms with van der Waals surface area (Å²) in [7, 11) is -3.87. The van der Waals surface area contributed by atoms with E-state index in [2.05, 4.69) is 26.0 Å². The monoisotopic (exact) mass is 484 g/mol. The molecule has 0 aliphatic heterocycles. The second kappa shape index (κ2) is 8.43. The third-order valence-electron chi connectivity index (χ3n) is 3.58. The normalized spacial score (nSPS) is 11.2. The summed E-state index contributed by atoms with van der Waals surface area (Å²) >= 11 is 10.9. The van der Waals surface area contributed by atoms with Crippen molar-refractivity contribution in [1.29, 1.82) is 0 Å². The average molecular weight is 486 g/mol. The number of thiophene rings is 1. The Labute approximate surface area is 174 Å². The number of anilines is 1. The van der Waals surface area contributed by atoms with Crippen molar-refractivity contribution in [3.05, 3.63) is 79.9 Å². The lowest BCUT2D eigenvalue weighted by molar-refractivity contribution is 0.0951. The van der Waals surface area contributed by atoms with Gasteiger partial charge in [0.1, 0.15) is 0 Å². The summed E-state index contributed by atoms with van der Waals surface area (Å²) in [4.78, 5) is 13.3. The van der Waals surface area contributed by atoms with Gasteiger partial charge in [0.15, 0.2) is 0 Å². The molecule has 2 aromatic carbocycles. The van der Waals surface area contributed by atoms with Gasteiger partial charge in [0.05, 0.1) is 25.9 Å². The molecule has 0 radical (unpaired) electrons. The number of para-hydroxylation sites is 1. The van der Waals surface area contributed by atoms with Gasteiger partial charge in [-0.25, -0.2) is 8.42 Å². The SMILES string of the molecule is O=C(NCc1ccc(Br)s1)c1cccc(S(=O)(=O)Nc2ccccc2Cl)c1. The number of rotatable bonds is 6. The van der Waals surface area contributed by atoms with Gasteiger partial charge >= 0.3 is 0 Å². The van der Waals surface area contributed by atoms with Gasteiger partial charge in [-0.15, -0.1) is 11.3 Å². The van der Waals surface area contributed by atoms with E-state index >= 15 is 0 Å². The molecule has 0 atom stereocenters. The van der Waals surface area contributed by atoms with Crippen molar-refractivity contribution in [3.8, 4) is 0 Å². The molecule has 5 nitrogen and oxygen atoms in total. The standard InChI is InChI=1S/C18H14BrClN2O3S2/c19-17-9-8-13(26-17)11-21-18(23)12-4-3-5-14(10-12)27(24,25)22-16-7-2-1-6-15(16)20/h1-10,22H,11H2,(H,21,23). The molecular formula is C18H14BrClN2O3S2. The fourth-order valence-electron chi connectivity index (χ4n) is 2.27. The van der Waals surface area contributed by atoms with Gasteiger partial charge in [0.25, 0.3) is 15.9 Å². The maximum atomic E-state index is 12.6. The Bertz CT molecular complexity index is 1080. The summed E-state index contributed by atoms with van der Waals surface area (Å²) in [6, 6.07) is 16.2. The Morgan fingerprint density at radius 3 is 2.56 bits per heavy atom. The lowest BCUT2D eigenvalue weighted by Gasteiger charge is -2.10. The molecule has 0 aliphatic carbocycles. The van der Waals surface area contributed by atoms with Gasteiger partial charge in [-0.05, 0) is 58.4 Å². The lowest BCUT2D eigenvalue weighted by Crippen LogP contribution is -2.23. The highest BCUT2D eigenvalue weighted by atomic mass is 79.9. The first-order chi connectivity index (χ1) is 12.8. The van der Waals surface area contributed by atoms with Crippen molar-refractivity contribution < 1.29 is 13.2 Å². The summed E-state index contributed by atoms with van der Waals surface area (Å²) < 4.78 is 28.6. The third kappa shape index (κ3) is 5.10. The maximum absolute atomic E-state index is 12.6. The van der Waals surface area contributed by atoms with Gasteiger partial charge in [0, 0.05) is 10.4 Å². The average Bonchev–Trinajstić information content (AvgIpc) is 3.07. The summed E-state index contributed by atoms with van der Waals surface area (Å²) in [5.41, 5.74) is 0.532. The van der Waals surface area contributed by atoms with Crippen LogP contribution in [0.15, 0.2) is 69.3 Å². The molecule has 0 fully saturated rings. The van der Waals surface area contributed by atoms with E-state index in [-0.39, 0.29) is 27.1 Å². The van der Waals surface area contributed by atoms with E-state index < -0.39 is 10.0 Å². The Morgan fingerprint density at radius 2 is 1.85 bits per heavy atom. The largest absolute Gasteiger partial charge is 0.347 e. The van der Waals surface area contributed by atoms with Crippen molar-refractivity contribution in [1.82, 2.24) is 5.32 Å². The van der Waals surface area contributed by atoms with E-state index in [9.17, 15) is 13.2 Å². The van der Waals surface area contributed by atoms with Crippen molar-refractivity contribution in [2.24, 2.45) is 0 Å². The molecule has 0 unspecified atom stereocenters. The Kier molecular flexibility index (Phi) is 6.21. The molecule has 9 heteroatoms. The van der Waals surface area contributed by atoms with Gasteiger partial charge in [-0.2, -0.15) is 0 Å². The first-order valence-corrected chi connectivity index (χ1v) is 11.2. The molecule has 0 spiro atoms. The van der Waals surface area contributed by atoms with E-state index in [0.29, 0.717) is 6.54 Å². The van der Waals surface area contributed by atoms with Gasteiger partial charge in [0.2, 0.25) is 0 Å². The van der Waals surface area contributed by atoms with Crippen molar-refractivity contribution in [2.45, 2.75) is 11.4 Å². The predicted octanol–water partition coefficient (Wildman–Crippen LogP) is 4.89. The molecule has 3 rings (SSSR count). The number of hydrogen-bond acceptors (Lipinski definition) is 4. The number of benzene rings is 2. The number of amides is 1. The van der Waals surface area contributed by atoms with Crippen LogP contribution in [-0.4, -0.2) is 14.3 Å². The quantitative estimate of drug-likeness (QED) is 0.522. The molecule has 140 valence electrons. The maximum Gasteiger partial charge on any atom is 0.261 e. The smallest absolute Gasteiger partial charge is 0.261 e. The first-order valence-electron chi connectivity index (χ1n) is 7.75. The van der Waals surface area contributed by atoms with Crippen LogP contribution < -0.4 is 10.0 Å². The molecule has 0 aliphatic rings. The predicted molar refractivity (Wildman–Crippen MR) is 112 cm³/mol. The Morgan fingerprint density at radius 1 is 1.07 bits per heavy atom. The molecule has 0 saturated carbocycles. The van der Waals surface area contributed by atoms with Crippen LogP contribution in [0.25, 0.3) is 0 Å². The highest BCUT2D eigenvalue weighted by Gasteiger charge is 2.17. The second-order valence-corrected chi connectivity index (χ2v) is 10.1. The van der Waals surface area contributed by atoms with E-state index in [4.69, 9.17) is 11.6 Å². The van der Waals surface area contributed by atoms with Crippen LogP contribution in [-0.2, 0) is 16.6 Å². The minimum atomic E-state index is -3.87. The summed E-state index contributed by atoms with van der Waals surface area (Å²) in [5.74, 6) is -0.352. The highest BCUT2D eigenvalue weighted by Crippen LogP contribution is 2.24. The molecule has 2 N–H and O–H groups in total. The van der Waals surface area contributed by atoms with Crippen LogP contribution in [0.1, 0.15) is 15.2 Å². The van der Waals surface area contributed by atoms with Gasteiger partial charge in [-0.3, -0.25) is 9.52 Å². The van der Waals surface area contributed by atoms with Crippen LogP contribution in [0, 0.1) is 0 Å². The zero-order valence-corrected chi connectivity index (χ0v) is 17.8. The molecule has 0 bridgehead atoms. The fourth-order valence-corrected chi connectivity index (χ4v) is 5.06. The molecule has 0 saturated heterocycles. The second-order valence-electron chi connectivity index (χ2n) is 5.50. The third-order valence-corrected chi connectivity index (χ3v) is 6.89. The number of sulfonamides is 1. The summed E-state index contributed by atoms with van der Waals surface area (Å²) in [6.07, 6.45) is 0. The van der Waals surface area contributed by atoms with Gasteiger partial charge in [-0.1, -0.05) is 29.8 Å². The summed E-state index contributed by atoms with van der Waals surface area (Å²) in [5, 5.41) is 3.07. The van der Waals surface area contributed by atoms with E-state index in [1.54, 1.807) is 30.3 Å². The van der Waals surface area contributed by atoms with Crippen molar-refractivity contribution in [3.63, 3.8) is 0 Å². The zero-order chi connectivity index (χ0) is 19.4. The van der Waals surface area contributed by atoms with Crippen LogP contribution in [0.5, 0.6) is 0 Å². The lowest BCUT2D eigenvalue weighted by atomic mass is 10.2. The summed E-state index contributed by atoms with van der Waals surface area (Å²) in [6.45, 7) is 0.365. The first kappa shape index (κ1) is 19.9. The number of nitrogens with one attached hydrogen (secondary N) is 2. The zero-order valence-electron chi connectivity index (χ0n) is 13.8. The molecule has 27 heavy (non-hydrogen) atoms. The minimum Gasteiger partial charge on any atom is -0.347 e. The molecule has 1 heterocycles. The Hall–Kier alpha value is -1.87.